The second-order valence-electron chi connectivity index (χ2n) is 6.83. The molecule has 0 bridgehead atoms. The average Bonchev–Trinajstić information content (AvgIpc) is 2.66. The molecule has 0 fully saturated rings. The van der Waals surface area contributed by atoms with Crippen LogP contribution in [0.25, 0.3) is 0 Å². The lowest BCUT2D eigenvalue weighted by Crippen LogP contribution is -2.46. The van der Waals surface area contributed by atoms with Gasteiger partial charge in [-0.1, -0.05) is 45.4 Å². The first-order valence-corrected chi connectivity index (χ1v) is 10.1. The number of esters is 2. The summed E-state index contributed by atoms with van der Waals surface area (Å²) in [4.78, 5) is 23.9. The zero-order valence-corrected chi connectivity index (χ0v) is 19.1. The third-order valence-corrected chi connectivity index (χ3v) is 4.28. The van der Waals surface area contributed by atoms with Crippen molar-refractivity contribution < 1.29 is 29.3 Å². The van der Waals surface area contributed by atoms with Gasteiger partial charge in [-0.3, -0.25) is 4.79 Å². The molecule has 0 heterocycles. The second-order valence-corrected chi connectivity index (χ2v) is 6.83. The van der Waals surface area contributed by atoms with E-state index in [1.165, 1.54) is 19.3 Å². The monoisotopic (exact) mass is 462 g/mol. The van der Waals surface area contributed by atoms with Crippen molar-refractivity contribution in [2.45, 2.75) is 89.4 Å². The Hall–Kier alpha value is -0.480. The van der Waals surface area contributed by atoms with Crippen molar-refractivity contribution in [2.24, 2.45) is 11.5 Å². The molecule has 3 atom stereocenters. The van der Waals surface area contributed by atoms with Gasteiger partial charge in [-0.25, -0.2) is 4.79 Å². The van der Waals surface area contributed by atoms with Gasteiger partial charge in [0, 0.05) is 6.42 Å². The van der Waals surface area contributed by atoms with Crippen molar-refractivity contribution in [1.82, 2.24) is 0 Å². The molecule has 2 unspecified atom stereocenters. The fourth-order valence-corrected chi connectivity index (χ4v) is 2.58. The molecule has 0 aromatic heterocycles. The Labute approximate surface area is 186 Å². The molecule has 0 radical (unpaired) electrons. The fraction of sp³-hybridized carbons (Fsp3) is 0.895. The maximum atomic E-state index is 12.1. The van der Waals surface area contributed by atoms with Crippen LogP contribution in [0.1, 0.15) is 71.1 Å². The van der Waals surface area contributed by atoms with Crippen LogP contribution in [0.2, 0.25) is 0 Å². The van der Waals surface area contributed by atoms with Gasteiger partial charge in [-0.05, 0) is 25.8 Å². The number of aliphatic hydroxyl groups is 2. The van der Waals surface area contributed by atoms with Gasteiger partial charge >= 0.3 is 11.9 Å². The Bertz CT molecular complexity index is 405. The highest BCUT2D eigenvalue weighted by Crippen LogP contribution is 2.11. The zero-order valence-electron chi connectivity index (χ0n) is 17.4. The van der Waals surface area contributed by atoms with Gasteiger partial charge in [0.25, 0.3) is 0 Å². The molecule has 0 aliphatic carbocycles. The van der Waals surface area contributed by atoms with Crippen molar-refractivity contribution in [1.29, 1.82) is 0 Å². The smallest absolute Gasteiger partial charge is 0.333 e. The molecule has 8 nitrogen and oxygen atoms in total. The standard InChI is InChI=1S/C19H38N2O6.2ClH/c1-2-3-4-5-6-7-8-11-17(24)27-19(25)18(21)16(10-9-12-20)26-14-15(23)13-22;;/h15-16,18,22-23H,2-14,20-21H2,1H3;2*1H/t15?,16?,18-;;/m0../s1. The number of carbonyl (C=O) groups is 2. The largest absolute Gasteiger partial charge is 0.394 e. The Balaban J connectivity index is -0.00000338. The molecule has 0 aromatic rings. The summed E-state index contributed by atoms with van der Waals surface area (Å²) in [6.45, 7) is 1.93. The Morgan fingerprint density at radius 2 is 1.59 bits per heavy atom. The van der Waals surface area contributed by atoms with Crippen molar-refractivity contribution in [3.05, 3.63) is 0 Å². The van der Waals surface area contributed by atoms with E-state index < -0.39 is 36.8 Å². The molecule has 0 spiro atoms. The molecule has 0 saturated carbocycles. The molecule has 0 amide bonds. The highest BCUT2D eigenvalue weighted by Gasteiger charge is 2.28. The molecule has 10 heteroatoms. The van der Waals surface area contributed by atoms with E-state index in [9.17, 15) is 14.7 Å². The topological polar surface area (TPSA) is 145 Å². The molecule has 0 aromatic carbocycles. The summed E-state index contributed by atoms with van der Waals surface area (Å²) in [5.41, 5.74) is 11.3. The van der Waals surface area contributed by atoms with Gasteiger partial charge < -0.3 is 31.2 Å². The van der Waals surface area contributed by atoms with Crippen LogP contribution in [0, 0.1) is 0 Å². The minimum atomic E-state index is -1.15. The number of rotatable bonds is 17. The third kappa shape index (κ3) is 18.0. The average molecular weight is 463 g/mol. The van der Waals surface area contributed by atoms with E-state index in [0.717, 1.165) is 19.3 Å². The number of nitrogens with two attached hydrogens (primary N) is 2. The lowest BCUT2D eigenvalue weighted by atomic mass is 10.1. The van der Waals surface area contributed by atoms with E-state index in [0.29, 0.717) is 25.8 Å². The van der Waals surface area contributed by atoms with Crippen LogP contribution in [0.4, 0.5) is 0 Å². The number of halogens is 2. The number of ether oxygens (including phenoxy) is 2. The molecule has 0 rings (SSSR count). The van der Waals surface area contributed by atoms with E-state index in [1.807, 2.05) is 0 Å². The van der Waals surface area contributed by atoms with Crippen LogP contribution in [0.3, 0.4) is 0 Å². The van der Waals surface area contributed by atoms with Crippen molar-refractivity contribution in [3.63, 3.8) is 0 Å². The number of hydrogen-bond donors (Lipinski definition) is 4. The summed E-state index contributed by atoms with van der Waals surface area (Å²) in [6, 6.07) is -1.15. The number of hydrogen-bond acceptors (Lipinski definition) is 8. The first kappa shape index (κ1) is 33.2. The van der Waals surface area contributed by atoms with Gasteiger partial charge in [-0.2, -0.15) is 0 Å². The first-order valence-electron chi connectivity index (χ1n) is 10.1. The highest BCUT2D eigenvalue weighted by molar-refractivity contribution is 5.88. The van der Waals surface area contributed by atoms with Crippen LogP contribution >= 0.6 is 24.8 Å². The molecule has 0 aliphatic heterocycles. The summed E-state index contributed by atoms with van der Waals surface area (Å²) < 4.78 is 10.2. The number of unbranched alkanes of at least 4 members (excludes halogenated alkanes) is 6. The summed E-state index contributed by atoms with van der Waals surface area (Å²) in [5, 5.41) is 18.2. The van der Waals surface area contributed by atoms with Crippen LogP contribution in [0.5, 0.6) is 0 Å². The Kier molecular flexibility index (Phi) is 25.4. The summed E-state index contributed by atoms with van der Waals surface area (Å²) >= 11 is 0. The van der Waals surface area contributed by atoms with Crippen molar-refractivity contribution in [2.75, 3.05) is 19.8 Å². The third-order valence-electron chi connectivity index (χ3n) is 4.28. The fourth-order valence-electron chi connectivity index (χ4n) is 2.58. The lowest BCUT2D eigenvalue weighted by molar-refractivity contribution is -0.163. The van der Waals surface area contributed by atoms with Gasteiger partial charge in [0.15, 0.2) is 0 Å². The number of carbonyl (C=O) groups excluding carboxylic acids is 2. The van der Waals surface area contributed by atoms with Crippen LogP contribution in [0.15, 0.2) is 0 Å². The van der Waals surface area contributed by atoms with E-state index in [-0.39, 0.29) is 37.8 Å². The predicted molar refractivity (Wildman–Crippen MR) is 117 cm³/mol. The number of aliphatic hydroxyl groups excluding tert-OH is 2. The minimum Gasteiger partial charge on any atom is -0.394 e. The van der Waals surface area contributed by atoms with Gasteiger partial charge in [0.2, 0.25) is 0 Å². The minimum absolute atomic E-state index is 0. The van der Waals surface area contributed by atoms with Crippen LogP contribution in [-0.4, -0.2) is 60.2 Å². The van der Waals surface area contributed by atoms with Crippen LogP contribution in [-0.2, 0) is 19.1 Å². The van der Waals surface area contributed by atoms with Gasteiger partial charge in [0.1, 0.15) is 12.1 Å². The summed E-state index contributed by atoms with van der Waals surface area (Å²) in [5.74, 6) is -1.43. The van der Waals surface area contributed by atoms with E-state index >= 15 is 0 Å². The van der Waals surface area contributed by atoms with E-state index in [2.05, 4.69) is 6.92 Å². The van der Waals surface area contributed by atoms with Gasteiger partial charge in [0.05, 0.1) is 19.3 Å². The molecule has 176 valence electrons. The first-order chi connectivity index (χ1) is 13.0. The molecule has 6 N–H and O–H groups in total. The summed E-state index contributed by atoms with van der Waals surface area (Å²) in [6.07, 6.45) is 6.82. The molecule has 0 aliphatic rings. The molecular formula is C19H40Cl2N2O6. The lowest BCUT2D eigenvalue weighted by Gasteiger charge is -2.23. The van der Waals surface area contributed by atoms with Crippen molar-refractivity contribution in [3.8, 4) is 0 Å². The predicted octanol–water partition coefficient (Wildman–Crippen LogP) is 1.85. The maximum absolute atomic E-state index is 12.1. The quantitative estimate of drug-likeness (QED) is 0.145. The molecule has 0 saturated heterocycles. The second kappa shape index (κ2) is 22.2. The highest BCUT2D eigenvalue weighted by atomic mass is 35.5. The van der Waals surface area contributed by atoms with Crippen LogP contribution < -0.4 is 11.5 Å². The SMILES string of the molecule is CCCCCCCCCC(=O)OC(=O)[C@@H](N)C(CCCN)OCC(O)CO.Cl.Cl. The van der Waals surface area contributed by atoms with Crippen molar-refractivity contribution >= 4 is 36.8 Å². The molecular weight excluding hydrogens is 423 g/mol. The van der Waals surface area contributed by atoms with Gasteiger partial charge in [-0.15, -0.1) is 24.8 Å². The maximum Gasteiger partial charge on any atom is 0.333 e. The Morgan fingerprint density at radius 3 is 2.14 bits per heavy atom. The van der Waals surface area contributed by atoms with E-state index in [1.54, 1.807) is 0 Å². The normalized spacial score (nSPS) is 13.6. The Morgan fingerprint density at radius 1 is 1.00 bits per heavy atom. The zero-order chi connectivity index (χ0) is 20.5. The summed E-state index contributed by atoms with van der Waals surface area (Å²) in [7, 11) is 0. The van der Waals surface area contributed by atoms with E-state index in [4.69, 9.17) is 26.0 Å². The molecule has 29 heavy (non-hydrogen) atoms.